The molecule has 4 atom stereocenters. The maximum Gasteiger partial charge on any atom is 0.250 e. The van der Waals surface area contributed by atoms with E-state index >= 15 is 0 Å². The molecular formula is C10H16N7O4P. The Kier molecular flexibility index (Phi) is 4.08. The van der Waals surface area contributed by atoms with E-state index < -0.39 is 27.0 Å². The highest BCUT2D eigenvalue weighted by atomic mass is 31.2. The van der Waals surface area contributed by atoms with Gasteiger partial charge in [0.2, 0.25) is 14.5 Å². The topological polar surface area (TPSA) is 181 Å². The zero-order valence-electron chi connectivity index (χ0n) is 11.4. The molecule has 2 aromatic heterocycles. The highest BCUT2D eigenvalue weighted by Gasteiger charge is 2.36. The van der Waals surface area contributed by atoms with Crippen LogP contribution in [0.3, 0.4) is 0 Å². The minimum Gasteiger partial charge on any atom is -0.390 e. The maximum atomic E-state index is 10.0. The number of anilines is 2. The number of hydrogen-bond acceptors (Lipinski definition) is 10. The van der Waals surface area contributed by atoms with Crippen molar-refractivity contribution in [3.63, 3.8) is 0 Å². The maximum absolute atomic E-state index is 10.0. The molecule has 0 radical (unpaired) electrons. The smallest absolute Gasteiger partial charge is 0.250 e. The number of aliphatic hydroxyl groups is 1. The average Bonchev–Trinajstić information content (AvgIpc) is 3.00. The number of rotatable bonds is 4. The lowest BCUT2D eigenvalue weighted by Gasteiger charge is -2.16. The Bertz CT molecular complexity index is 681. The summed E-state index contributed by atoms with van der Waals surface area (Å²) in [6.07, 6.45) is -0.0897. The molecule has 2 aromatic rings. The van der Waals surface area contributed by atoms with E-state index in [4.69, 9.17) is 31.1 Å². The Balaban J connectivity index is 1.83. The number of nitrogens with two attached hydrogens (primary N) is 3. The van der Waals surface area contributed by atoms with Gasteiger partial charge in [-0.3, -0.25) is 10.1 Å². The second-order valence-corrected chi connectivity index (χ2v) is 5.68. The molecule has 0 aliphatic carbocycles. The number of aromatic nitrogens is 4. The third-order valence-corrected chi connectivity index (χ3v) is 3.76. The number of aliphatic hydroxyl groups excluding tert-OH is 1. The first kappa shape index (κ1) is 15.3. The third-order valence-electron chi connectivity index (χ3n) is 3.35. The fourth-order valence-corrected chi connectivity index (χ4v) is 2.65. The van der Waals surface area contributed by atoms with Gasteiger partial charge in [-0.25, -0.2) is 4.98 Å². The van der Waals surface area contributed by atoms with Crippen molar-refractivity contribution in [3.05, 3.63) is 6.33 Å². The van der Waals surface area contributed by atoms with E-state index in [1.54, 1.807) is 4.57 Å². The highest BCUT2D eigenvalue weighted by molar-refractivity contribution is 7.43. The van der Waals surface area contributed by atoms with Gasteiger partial charge in [0.15, 0.2) is 11.5 Å². The molecule has 3 rings (SSSR count). The second kappa shape index (κ2) is 5.88. The predicted octanol–water partition coefficient (Wildman–Crippen LogP) is -1.17. The molecule has 11 nitrogen and oxygen atoms in total. The fraction of sp³-hybridized carbons (Fsp3) is 0.500. The zero-order valence-corrected chi connectivity index (χ0v) is 12.3. The summed E-state index contributed by atoms with van der Waals surface area (Å²) in [5.41, 5.74) is 17.3. The van der Waals surface area contributed by atoms with Crippen LogP contribution < -0.4 is 17.0 Å². The molecule has 0 saturated carbocycles. The van der Waals surface area contributed by atoms with E-state index in [0.29, 0.717) is 17.6 Å². The average molecular weight is 329 g/mol. The van der Waals surface area contributed by atoms with Crippen molar-refractivity contribution in [2.75, 3.05) is 18.1 Å². The van der Waals surface area contributed by atoms with Crippen LogP contribution in [0.2, 0.25) is 0 Å². The van der Waals surface area contributed by atoms with Gasteiger partial charge in [0.25, 0.3) is 0 Å². The van der Waals surface area contributed by atoms with E-state index in [2.05, 4.69) is 15.0 Å². The number of ether oxygens (including phenoxy) is 1. The van der Waals surface area contributed by atoms with Crippen LogP contribution in [0.15, 0.2) is 6.33 Å². The first-order valence-corrected chi connectivity index (χ1v) is 7.69. The summed E-state index contributed by atoms with van der Waals surface area (Å²) in [6.45, 7) is -0.0116. The molecule has 12 heteroatoms. The van der Waals surface area contributed by atoms with Gasteiger partial charge in [-0.05, 0) is 0 Å². The molecule has 3 heterocycles. The summed E-state index contributed by atoms with van der Waals surface area (Å²) in [5, 5.41) is 10.0. The minimum atomic E-state index is -2.00. The Morgan fingerprint density at radius 1 is 1.45 bits per heavy atom. The fourth-order valence-electron chi connectivity index (χ4n) is 2.35. The first-order valence-electron chi connectivity index (χ1n) is 6.41. The van der Waals surface area contributed by atoms with Gasteiger partial charge in [-0.15, -0.1) is 0 Å². The molecule has 8 N–H and O–H groups in total. The number of imidazole rings is 1. The molecule has 1 unspecified atom stereocenters. The number of fused-ring (bicyclic) bond motifs is 1. The monoisotopic (exact) mass is 329 g/mol. The van der Waals surface area contributed by atoms with E-state index in [9.17, 15) is 5.11 Å². The van der Waals surface area contributed by atoms with Crippen LogP contribution >= 0.6 is 8.53 Å². The Hall–Kier alpha value is -1.62. The molecule has 0 aromatic carbocycles. The second-order valence-electron chi connectivity index (χ2n) is 4.82. The molecule has 1 aliphatic heterocycles. The summed E-state index contributed by atoms with van der Waals surface area (Å²) in [5.74, 6) is 0.202. The molecule has 0 spiro atoms. The van der Waals surface area contributed by atoms with Gasteiger partial charge in [-0.2, -0.15) is 9.97 Å². The molecule has 1 aliphatic rings. The Morgan fingerprint density at radius 2 is 2.23 bits per heavy atom. The standard InChI is InChI=1S/C10H16N7O4P/c11-8-7-9(16-10(12)15-8)17(3-14-7)6-1-4(18)5(21-6)2-20-22(13)19/h3-6,18-19H,1-2,13H2,(H4,11,12,15,16)/t4-,5+,6+,22?/m0/s1. The summed E-state index contributed by atoms with van der Waals surface area (Å²) in [7, 11) is -2.00. The first-order chi connectivity index (χ1) is 10.5. The van der Waals surface area contributed by atoms with Crippen LogP contribution in [-0.2, 0) is 9.26 Å². The van der Waals surface area contributed by atoms with Crippen molar-refractivity contribution in [2.24, 2.45) is 5.50 Å². The molecule has 1 fully saturated rings. The van der Waals surface area contributed by atoms with Crippen LogP contribution in [0, 0.1) is 0 Å². The van der Waals surface area contributed by atoms with E-state index in [-0.39, 0.29) is 18.4 Å². The number of hydrogen-bond donors (Lipinski definition) is 5. The minimum absolute atomic E-state index is 0.0116. The normalized spacial score (nSPS) is 26.6. The van der Waals surface area contributed by atoms with Crippen LogP contribution in [0.1, 0.15) is 12.6 Å². The number of nitrogen functional groups attached to an aromatic ring is 2. The lowest BCUT2D eigenvalue weighted by Crippen LogP contribution is -2.26. The van der Waals surface area contributed by atoms with Crippen molar-refractivity contribution in [2.45, 2.75) is 24.9 Å². The largest absolute Gasteiger partial charge is 0.390 e. The van der Waals surface area contributed by atoms with E-state index in [0.717, 1.165) is 0 Å². The van der Waals surface area contributed by atoms with Gasteiger partial charge < -0.3 is 30.7 Å². The van der Waals surface area contributed by atoms with Crippen molar-refractivity contribution < 1.29 is 19.3 Å². The van der Waals surface area contributed by atoms with E-state index in [1.807, 2.05) is 0 Å². The number of nitrogens with zero attached hydrogens (tertiary/aromatic N) is 4. The van der Waals surface area contributed by atoms with Crippen LogP contribution in [0.5, 0.6) is 0 Å². The van der Waals surface area contributed by atoms with Crippen molar-refractivity contribution in [1.29, 1.82) is 0 Å². The van der Waals surface area contributed by atoms with Gasteiger partial charge in [0, 0.05) is 6.42 Å². The van der Waals surface area contributed by atoms with Crippen LogP contribution in [0.25, 0.3) is 11.2 Å². The van der Waals surface area contributed by atoms with Crippen LogP contribution in [-0.4, -0.2) is 48.3 Å². The SMILES string of the molecule is Nc1nc(N)c2ncn([C@H]3C[C@H](O)[C@@H](COP(N)O)O3)c2n1. The lowest BCUT2D eigenvalue weighted by molar-refractivity contribution is -0.0378. The summed E-state index contributed by atoms with van der Waals surface area (Å²) in [6, 6.07) is 0. The summed E-state index contributed by atoms with van der Waals surface area (Å²) < 4.78 is 12.2. The molecular weight excluding hydrogens is 313 g/mol. The Morgan fingerprint density at radius 3 is 2.95 bits per heavy atom. The van der Waals surface area contributed by atoms with Crippen molar-refractivity contribution >= 4 is 31.5 Å². The van der Waals surface area contributed by atoms with Gasteiger partial charge in [-0.1, -0.05) is 0 Å². The molecule has 0 bridgehead atoms. The predicted molar refractivity (Wildman–Crippen MR) is 78.0 cm³/mol. The van der Waals surface area contributed by atoms with Gasteiger partial charge >= 0.3 is 0 Å². The highest BCUT2D eigenvalue weighted by Crippen LogP contribution is 2.33. The van der Waals surface area contributed by atoms with Crippen LogP contribution in [0.4, 0.5) is 11.8 Å². The van der Waals surface area contributed by atoms with Gasteiger partial charge in [0.1, 0.15) is 17.8 Å². The summed E-state index contributed by atoms with van der Waals surface area (Å²) >= 11 is 0. The zero-order chi connectivity index (χ0) is 15.9. The van der Waals surface area contributed by atoms with E-state index in [1.165, 1.54) is 6.33 Å². The van der Waals surface area contributed by atoms with Gasteiger partial charge in [0.05, 0.1) is 19.0 Å². The molecule has 0 amide bonds. The molecule has 120 valence electrons. The Labute approximate surface area is 126 Å². The molecule has 1 saturated heterocycles. The van der Waals surface area contributed by atoms with Crippen molar-refractivity contribution in [1.82, 2.24) is 19.5 Å². The molecule has 22 heavy (non-hydrogen) atoms. The van der Waals surface area contributed by atoms with Crippen molar-refractivity contribution in [3.8, 4) is 0 Å². The quantitative estimate of drug-likeness (QED) is 0.429. The third kappa shape index (κ3) is 2.82. The lowest BCUT2D eigenvalue weighted by atomic mass is 10.2. The summed E-state index contributed by atoms with van der Waals surface area (Å²) in [4.78, 5) is 21.1.